The van der Waals surface area contributed by atoms with Crippen LogP contribution in [-0.4, -0.2) is 18.6 Å². The van der Waals surface area contributed by atoms with Gasteiger partial charge in [-0.2, -0.15) is 0 Å². The average molecular weight is 356 g/mol. The SMILES string of the molecule is CCCCCCCCCCCCCCCCCCC(N)C(=O)OCC. The van der Waals surface area contributed by atoms with E-state index >= 15 is 0 Å². The lowest BCUT2D eigenvalue weighted by Crippen LogP contribution is -2.32. The van der Waals surface area contributed by atoms with Gasteiger partial charge in [0.25, 0.3) is 0 Å². The number of carbonyl (C=O) groups is 1. The third kappa shape index (κ3) is 18.0. The molecule has 0 saturated heterocycles. The van der Waals surface area contributed by atoms with E-state index in [1.54, 1.807) is 0 Å². The Morgan fingerprint density at radius 3 is 1.40 bits per heavy atom. The predicted molar refractivity (Wildman–Crippen MR) is 109 cm³/mol. The second kappa shape index (κ2) is 19.8. The molecule has 0 bridgehead atoms. The molecule has 0 fully saturated rings. The van der Waals surface area contributed by atoms with Crippen LogP contribution < -0.4 is 5.73 Å². The van der Waals surface area contributed by atoms with Crippen LogP contribution in [0.1, 0.15) is 123 Å². The van der Waals surface area contributed by atoms with Crippen LogP contribution in [0, 0.1) is 0 Å². The molecule has 0 rings (SSSR count). The van der Waals surface area contributed by atoms with Crippen molar-refractivity contribution >= 4 is 5.97 Å². The van der Waals surface area contributed by atoms with E-state index in [1.165, 1.54) is 96.3 Å². The molecule has 0 aromatic carbocycles. The number of unbranched alkanes of at least 4 members (excludes halogenated alkanes) is 15. The number of hydrogen-bond donors (Lipinski definition) is 1. The largest absolute Gasteiger partial charge is 0.465 e. The van der Waals surface area contributed by atoms with Gasteiger partial charge in [-0.05, 0) is 13.3 Å². The minimum atomic E-state index is -0.424. The highest BCUT2D eigenvalue weighted by molar-refractivity contribution is 5.75. The van der Waals surface area contributed by atoms with Crippen LogP contribution in [0.4, 0.5) is 0 Å². The molecule has 3 nitrogen and oxygen atoms in total. The highest BCUT2D eigenvalue weighted by Crippen LogP contribution is 2.14. The van der Waals surface area contributed by atoms with E-state index in [4.69, 9.17) is 10.5 Å². The summed E-state index contributed by atoms with van der Waals surface area (Å²) in [5.74, 6) is -0.247. The summed E-state index contributed by atoms with van der Waals surface area (Å²) in [5, 5.41) is 0. The van der Waals surface area contributed by atoms with Gasteiger partial charge in [-0.3, -0.25) is 4.79 Å². The van der Waals surface area contributed by atoms with Gasteiger partial charge in [0.2, 0.25) is 0 Å². The Bertz CT molecular complexity index is 281. The molecule has 0 aliphatic heterocycles. The fraction of sp³-hybridized carbons (Fsp3) is 0.955. The molecule has 0 aromatic rings. The van der Waals surface area contributed by atoms with Crippen molar-refractivity contribution in [2.45, 2.75) is 129 Å². The minimum absolute atomic E-state index is 0.247. The molecule has 0 spiro atoms. The van der Waals surface area contributed by atoms with Crippen molar-refractivity contribution in [1.29, 1.82) is 0 Å². The van der Waals surface area contributed by atoms with Crippen molar-refractivity contribution in [1.82, 2.24) is 0 Å². The van der Waals surface area contributed by atoms with Crippen LogP contribution in [0.3, 0.4) is 0 Å². The first-order valence-electron chi connectivity index (χ1n) is 11.1. The second-order valence-electron chi connectivity index (χ2n) is 7.45. The van der Waals surface area contributed by atoms with Crippen molar-refractivity contribution in [2.75, 3.05) is 6.61 Å². The molecule has 0 aliphatic carbocycles. The van der Waals surface area contributed by atoms with Crippen molar-refractivity contribution in [3.8, 4) is 0 Å². The van der Waals surface area contributed by atoms with Gasteiger partial charge in [-0.15, -0.1) is 0 Å². The van der Waals surface area contributed by atoms with Gasteiger partial charge in [-0.1, -0.05) is 110 Å². The van der Waals surface area contributed by atoms with Crippen LogP contribution in [-0.2, 0) is 9.53 Å². The number of esters is 1. The highest BCUT2D eigenvalue weighted by Gasteiger charge is 2.13. The normalized spacial score (nSPS) is 12.3. The number of rotatable bonds is 19. The molecule has 0 amide bonds. The van der Waals surface area contributed by atoms with Gasteiger partial charge in [0.15, 0.2) is 0 Å². The van der Waals surface area contributed by atoms with Crippen molar-refractivity contribution in [3.05, 3.63) is 0 Å². The summed E-state index contributed by atoms with van der Waals surface area (Å²) in [6.45, 7) is 4.52. The third-order valence-electron chi connectivity index (χ3n) is 4.96. The van der Waals surface area contributed by atoms with E-state index < -0.39 is 6.04 Å². The summed E-state index contributed by atoms with van der Waals surface area (Å²) in [7, 11) is 0. The zero-order valence-electron chi connectivity index (χ0n) is 17.2. The molecule has 1 atom stereocenters. The minimum Gasteiger partial charge on any atom is -0.465 e. The van der Waals surface area contributed by atoms with Crippen LogP contribution in [0.5, 0.6) is 0 Å². The molecule has 150 valence electrons. The quantitative estimate of drug-likeness (QED) is 0.212. The average Bonchev–Trinajstić information content (AvgIpc) is 2.61. The molecule has 25 heavy (non-hydrogen) atoms. The van der Waals surface area contributed by atoms with Crippen LogP contribution in [0.2, 0.25) is 0 Å². The first-order chi connectivity index (χ1) is 12.2. The Hall–Kier alpha value is -0.570. The molecule has 0 heterocycles. The lowest BCUT2D eigenvalue weighted by Gasteiger charge is -2.09. The molecule has 1 unspecified atom stereocenters. The van der Waals surface area contributed by atoms with Gasteiger partial charge < -0.3 is 10.5 Å². The van der Waals surface area contributed by atoms with E-state index in [2.05, 4.69) is 6.92 Å². The Morgan fingerprint density at radius 2 is 1.04 bits per heavy atom. The van der Waals surface area contributed by atoms with E-state index in [0.29, 0.717) is 6.61 Å². The third-order valence-corrected chi connectivity index (χ3v) is 4.96. The van der Waals surface area contributed by atoms with E-state index in [9.17, 15) is 4.79 Å². The van der Waals surface area contributed by atoms with E-state index in [-0.39, 0.29) is 5.97 Å². The van der Waals surface area contributed by atoms with Crippen LogP contribution in [0.15, 0.2) is 0 Å². The Kier molecular flexibility index (Phi) is 19.3. The Balaban J connectivity index is 3.13. The summed E-state index contributed by atoms with van der Waals surface area (Å²) >= 11 is 0. The lowest BCUT2D eigenvalue weighted by atomic mass is 10.0. The maximum atomic E-state index is 11.4. The lowest BCUT2D eigenvalue weighted by molar-refractivity contribution is -0.144. The maximum Gasteiger partial charge on any atom is 0.322 e. The first-order valence-corrected chi connectivity index (χ1v) is 11.1. The zero-order chi connectivity index (χ0) is 18.6. The number of nitrogens with two attached hydrogens (primary N) is 1. The van der Waals surface area contributed by atoms with E-state index in [1.807, 2.05) is 6.92 Å². The summed E-state index contributed by atoms with van der Waals surface area (Å²) in [5.41, 5.74) is 5.79. The molecule has 0 aliphatic rings. The van der Waals surface area contributed by atoms with Gasteiger partial charge in [0.1, 0.15) is 6.04 Å². The number of ether oxygens (including phenoxy) is 1. The molecular weight excluding hydrogens is 310 g/mol. The predicted octanol–water partition coefficient (Wildman–Crippen LogP) is 6.53. The van der Waals surface area contributed by atoms with Crippen LogP contribution >= 0.6 is 0 Å². The monoisotopic (exact) mass is 355 g/mol. The zero-order valence-corrected chi connectivity index (χ0v) is 17.2. The topological polar surface area (TPSA) is 52.3 Å². The van der Waals surface area contributed by atoms with Crippen molar-refractivity contribution in [3.63, 3.8) is 0 Å². The fourth-order valence-electron chi connectivity index (χ4n) is 3.28. The first kappa shape index (κ1) is 24.4. The van der Waals surface area contributed by atoms with Gasteiger partial charge >= 0.3 is 5.97 Å². The Morgan fingerprint density at radius 1 is 0.680 bits per heavy atom. The molecule has 0 aromatic heterocycles. The second-order valence-corrected chi connectivity index (χ2v) is 7.45. The maximum absolute atomic E-state index is 11.4. The molecular formula is C22H45NO2. The van der Waals surface area contributed by atoms with Gasteiger partial charge in [0, 0.05) is 0 Å². The summed E-state index contributed by atoms with van der Waals surface area (Å²) in [4.78, 5) is 11.4. The standard InChI is InChI=1S/C22H45NO2/c1-3-5-6-7-8-9-10-11-12-13-14-15-16-17-18-19-20-21(23)22(24)25-4-2/h21H,3-20,23H2,1-2H3. The van der Waals surface area contributed by atoms with Gasteiger partial charge in [-0.25, -0.2) is 0 Å². The smallest absolute Gasteiger partial charge is 0.322 e. The molecule has 0 saturated carbocycles. The Labute approximate surface area is 157 Å². The van der Waals surface area contributed by atoms with E-state index in [0.717, 1.165) is 12.8 Å². The van der Waals surface area contributed by atoms with Crippen molar-refractivity contribution < 1.29 is 9.53 Å². The summed E-state index contributed by atoms with van der Waals surface area (Å²) in [6, 6.07) is -0.424. The molecule has 0 radical (unpaired) electrons. The summed E-state index contributed by atoms with van der Waals surface area (Å²) < 4.78 is 4.92. The molecule has 3 heteroatoms. The van der Waals surface area contributed by atoms with Crippen molar-refractivity contribution in [2.24, 2.45) is 5.73 Å². The molecule has 2 N–H and O–H groups in total. The fourth-order valence-corrected chi connectivity index (χ4v) is 3.28. The van der Waals surface area contributed by atoms with Gasteiger partial charge in [0.05, 0.1) is 6.61 Å². The summed E-state index contributed by atoms with van der Waals surface area (Å²) in [6.07, 6.45) is 22.6. The van der Waals surface area contributed by atoms with Crippen LogP contribution in [0.25, 0.3) is 0 Å². The number of carbonyl (C=O) groups excluding carboxylic acids is 1. The number of hydrogen-bond acceptors (Lipinski definition) is 3. The highest BCUT2D eigenvalue weighted by atomic mass is 16.5.